The minimum absolute atomic E-state index is 0.105. The molecule has 6 heteroatoms. The first-order valence-electron chi connectivity index (χ1n) is 8.00. The van der Waals surface area contributed by atoms with Crippen molar-refractivity contribution in [3.63, 3.8) is 0 Å². The van der Waals surface area contributed by atoms with Crippen LogP contribution in [0.1, 0.15) is 30.0 Å². The predicted molar refractivity (Wildman–Crippen MR) is 89.7 cm³/mol. The SMILES string of the molecule is OCCn1ccc(C2CCCN(Cc3cccc(O)c3Cl)C2)n1. The first kappa shape index (κ1) is 16.3. The minimum atomic E-state index is 0.105. The van der Waals surface area contributed by atoms with Gasteiger partial charge in [-0.25, -0.2) is 0 Å². The van der Waals surface area contributed by atoms with Gasteiger partial charge >= 0.3 is 0 Å². The van der Waals surface area contributed by atoms with Gasteiger partial charge in [0.1, 0.15) is 5.75 Å². The lowest BCUT2D eigenvalue weighted by Crippen LogP contribution is -2.34. The highest BCUT2D eigenvalue weighted by atomic mass is 35.5. The predicted octanol–water partition coefficient (Wildman–Crippen LogP) is 2.61. The maximum Gasteiger partial charge on any atom is 0.134 e. The van der Waals surface area contributed by atoms with Gasteiger partial charge in [-0.05, 0) is 37.1 Å². The van der Waals surface area contributed by atoms with Crippen molar-refractivity contribution in [3.8, 4) is 5.75 Å². The quantitative estimate of drug-likeness (QED) is 0.881. The van der Waals surface area contributed by atoms with Gasteiger partial charge in [0.25, 0.3) is 0 Å². The summed E-state index contributed by atoms with van der Waals surface area (Å²) in [4.78, 5) is 2.36. The van der Waals surface area contributed by atoms with Crippen LogP contribution in [0.4, 0.5) is 0 Å². The van der Waals surface area contributed by atoms with Gasteiger partial charge in [-0.1, -0.05) is 23.7 Å². The van der Waals surface area contributed by atoms with Crippen LogP contribution in [0.15, 0.2) is 30.5 Å². The molecule has 1 aliphatic heterocycles. The van der Waals surface area contributed by atoms with Gasteiger partial charge in [-0.15, -0.1) is 0 Å². The first-order chi connectivity index (χ1) is 11.2. The van der Waals surface area contributed by atoms with Crippen molar-refractivity contribution in [1.29, 1.82) is 0 Å². The summed E-state index contributed by atoms with van der Waals surface area (Å²) in [6, 6.07) is 7.44. The molecule has 0 saturated carbocycles. The summed E-state index contributed by atoms with van der Waals surface area (Å²) in [6.45, 7) is 3.34. The van der Waals surface area contributed by atoms with E-state index in [1.165, 1.54) is 0 Å². The lowest BCUT2D eigenvalue weighted by atomic mass is 9.94. The number of phenolic OH excluding ortho intramolecular Hbond substituents is 1. The molecule has 0 spiro atoms. The van der Waals surface area contributed by atoms with E-state index >= 15 is 0 Å². The van der Waals surface area contributed by atoms with E-state index in [2.05, 4.69) is 10.00 Å². The van der Waals surface area contributed by atoms with Gasteiger partial charge in [0.15, 0.2) is 0 Å². The van der Waals surface area contributed by atoms with Crippen LogP contribution in [-0.4, -0.2) is 44.6 Å². The number of aliphatic hydroxyl groups is 1. The molecule has 23 heavy (non-hydrogen) atoms. The first-order valence-corrected chi connectivity index (χ1v) is 8.38. The Kier molecular flexibility index (Phi) is 5.20. The summed E-state index contributed by atoms with van der Waals surface area (Å²) in [7, 11) is 0. The molecule has 1 fully saturated rings. The molecular weight excluding hydrogens is 314 g/mol. The molecule has 5 nitrogen and oxygen atoms in total. The number of hydrogen-bond acceptors (Lipinski definition) is 4. The topological polar surface area (TPSA) is 61.5 Å². The number of aliphatic hydroxyl groups excluding tert-OH is 1. The second-order valence-corrected chi connectivity index (χ2v) is 6.43. The van der Waals surface area contributed by atoms with Crippen molar-refractivity contribution >= 4 is 11.6 Å². The molecule has 2 aromatic rings. The molecule has 0 bridgehead atoms. The summed E-state index contributed by atoms with van der Waals surface area (Å²) in [5, 5.41) is 23.7. The molecule has 0 radical (unpaired) electrons. The molecule has 1 aromatic carbocycles. The number of benzene rings is 1. The number of halogens is 1. The Morgan fingerprint density at radius 2 is 2.17 bits per heavy atom. The fraction of sp³-hybridized carbons (Fsp3) is 0.471. The van der Waals surface area contributed by atoms with Crippen LogP contribution in [0, 0.1) is 0 Å². The molecule has 1 atom stereocenters. The Bertz CT molecular complexity index is 659. The average Bonchev–Trinajstić information content (AvgIpc) is 3.01. The summed E-state index contributed by atoms with van der Waals surface area (Å²) >= 11 is 6.19. The number of hydrogen-bond donors (Lipinski definition) is 2. The second kappa shape index (κ2) is 7.34. The highest BCUT2D eigenvalue weighted by Gasteiger charge is 2.23. The molecule has 3 rings (SSSR count). The number of phenols is 1. The van der Waals surface area contributed by atoms with Crippen molar-refractivity contribution in [2.24, 2.45) is 0 Å². The Labute approximate surface area is 141 Å². The van der Waals surface area contributed by atoms with E-state index in [0.29, 0.717) is 17.5 Å². The van der Waals surface area contributed by atoms with Gasteiger partial charge < -0.3 is 10.2 Å². The van der Waals surface area contributed by atoms with Gasteiger partial charge in [0.2, 0.25) is 0 Å². The van der Waals surface area contributed by atoms with Crippen molar-refractivity contribution < 1.29 is 10.2 Å². The van der Waals surface area contributed by atoms with Crippen molar-refractivity contribution in [2.45, 2.75) is 31.8 Å². The van der Waals surface area contributed by atoms with Crippen molar-refractivity contribution in [2.75, 3.05) is 19.7 Å². The summed E-state index contributed by atoms with van der Waals surface area (Å²) in [5.41, 5.74) is 2.04. The number of aromatic nitrogens is 2. The van der Waals surface area contributed by atoms with E-state index in [-0.39, 0.29) is 12.4 Å². The standard InChI is InChI=1S/C17H22ClN3O2/c18-17-14(3-1-5-16(17)23)12-20-7-2-4-13(11-20)15-6-8-21(19-15)9-10-22/h1,3,5-6,8,13,22-23H,2,4,7,9-12H2. The lowest BCUT2D eigenvalue weighted by Gasteiger charge is -2.32. The maximum absolute atomic E-state index is 9.73. The Morgan fingerprint density at radius 3 is 3.00 bits per heavy atom. The highest BCUT2D eigenvalue weighted by molar-refractivity contribution is 6.32. The Balaban J connectivity index is 1.67. The second-order valence-electron chi connectivity index (χ2n) is 6.05. The largest absolute Gasteiger partial charge is 0.506 e. The smallest absolute Gasteiger partial charge is 0.134 e. The summed E-state index contributed by atoms with van der Waals surface area (Å²) in [6.07, 6.45) is 4.17. The highest BCUT2D eigenvalue weighted by Crippen LogP contribution is 2.30. The molecular formula is C17H22ClN3O2. The van der Waals surface area contributed by atoms with Gasteiger partial charge in [-0.2, -0.15) is 5.10 Å². The normalized spacial score (nSPS) is 19.1. The number of nitrogens with zero attached hydrogens (tertiary/aromatic N) is 3. The lowest BCUT2D eigenvalue weighted by molar-refractivity contribution is 0.197. The molecule has 1 saturated heterocycles. The fourth-order valence-corrected chi connectivity index (χ4v) is 3.38. The third-order valence-corrected chi connectivity index (χ3v) is 4.80. The van der Waals surface area contributed by atoms with Crippen molar-refractivity contribution in [3.05, 3.63) is 46.7 Å². The fourth-order valence-electron chi connectivity index (χ4n) is 3.19. The van der Waals surface area contributed by atoms with Gasteiger partial charge in [0.05, 0.1) is 23.9 Å². The Hall–Kier alpha value is -1.56. The van der Waals surface area contributed by atoms with E-state index in [0.717, 1.165) is 43.7 Å². The molecule has 1 aliphatic rings. The summed E-state index contributed by atoms with van der Waals surface area (Å²) < 4.78 is 1.79. The van der Waals surface area contributed by atoms with Gasteiger partial charge in [0, 0.05) is 25.2 Å². The maximum atomic E-state index is 9.73. The van der Waals surface area contributed by atoms with Gasteiger partial charge in [-0.3, -0.25) is 9.58 Å². The van der Waals surface area contributed by atoms with Crippen LogP contribution in [-0.2, 0) is 13.1 Å². The molecule has 0 amide bonds. The number of rotatable bonds is 5. The number of aromatic hydroxyl groups is 1. The van der Waals surface area contributed by atoms with E-state index in [1.807, 2.05) is 24.4 Å². The van der Waals surface area contributed by atoms with Crippen LogP contribution in [0.2, 0.25) is 5.02 Å². The number of piperidine rings is 1. The van der Waals surface area contributed by atoms with E-state index in [1.54, 1.807) is 10.7 Å². The average molecular weight is 336 g/mol. The zero-order valence-corrected chi connectivity index (χ0v) is 13.8. The van der Waals surface area contributed by atoms with Crippen LogP contribution in [0.5, 0.6) is 5.75 Å². The molecule has 0 aliphatic carbocycles. The van der Waals surface area contributed by atoms with E-state index in [4.69, 9.17) is 16.7 Å². The zero-order chi connectivity index (χ0) is 16.2. The third kappa shape index (κ3) is 3.86. The molecule has 124 valence electrons. The van der Waals surface area contributed by atoms with E-state index < -0.39 is 0 Å². The third-order valence-electron chi connectivity index (χ3n) is 4.37. The molecule has 1 aromatic heterocycles. The van der Waals surface area contributed by atoms with Crippen LogP contribution in [0.25, 0.3) is 0 Å². The number of likely N-dealkylation sites (tertiary alicyclic amines) is 1. The monoisotopic (exact) mass is 335 g/mol. The van der Waals surface area contributed by atoms with Crippen LogP contribution < -0.4 is 0 Å². The Morgan fingerprint density at radius 1 is 1.30 bits per heavy atom. The van der Waals surface area contributed by atoms with Crippen LogP contribution >= 0.6 is 11.6 Å². The van der Waals surface area contributed by atoms with E-state index in [9.17, 15) is 5.11 Å². The van der Waals surface area contributed by atoms with Crippen LogP contribution in [0.3, 0.4) is 0 Å². The molecule has 2 heterocycles. The van der Waals surface area contributed by atoms with Crippen molar-refractivity contribution in [1.82, 2.24) is 14.7 Å². The zero-order valence-electron chi connectivity index (χ0n) is 13.0. The minimum Gasteiger partial charge on any atom is -0.506 e. The molecule has 2 N–H and O–H groups in total. The molecule has 1 unspecified atom stereocenters. The summed E-state index contributed by atoms with van der Waals surface area (Å²) in [5.74, 6) is 0.542.